The zero-order chi connectivity index (χ0) is 22.5. The molecule has 2 heterocycles. The Balaban J connectivity index is 1.38. The largest absolute Gasteiger partial charge is 0.351 e. The van der Waals surface area contributed by atoms with Crippen molar-refractivity contribution in [3.63, 3.8) is 0 Å². The van der Waals surface area contributed by atoms with Crippen LogP contribution in [0.2, 0.25) is 0 Å². The first-order chi connectivity index (χ1) is 16.3. The van der Waals surface area contributed by atoms with E-state index in [0.717, 1.165) is 27.7 Å². The number of benzene rings is 2. The van der Waals surface area contributed by atoms with Gasteiger partial charge >= 0.3 is 0 Å². The Morgan fingerprint density at radius 3 is 2.42 bits per heavy atom. The fraction of sp³-hybridized carbons (Fsp3) is 0.286. The third-order valence-corrected chi connectivity index (χ3v) is 7.37. The first kappa shape index (κ1) is 21.8. The average molecular weight is 456 g/mol. The molecule has 0 bridgehead atoms. The molecule has 1 aliphatic heterocycles. The highest BCUT2D eigenvalue weighted by Crippen LogP contribution is 2.35. The monoisotopic (exact) mass is 455 g/mol. The van der Waals surface area contributed by atoms with Crippen LogP contribution in [0.1, 0.15) is 49.3 Å². The Labute approximate surface area is 200 Å². The van der Waals surface area contributed by atoms with Gasteiger partial charge in [0.15, 0.2) is 5.17 Å². The fourth-order valence-electron chi connectivity index (χ4n) is 4.56. The smallest absolute Gasteiger partial charge is 0.266 e. The Hall–Kier alpha value is -3.05. The Bertz CT molecular complexity index is 1140. The molecule has 1 saturated heterocycles. The number of amides is 1. The molecule has 0 unspecified atom stereocenters. The van der Waals surface area contributed by atoms with E-state index in [1.54, 1.807) is 0 Å². The zero-order valence-corrected chi connectivity index (χ0v) is 19.6. The molecule has 1 aromatic heterocycles. The number of aliphatic imine (C=N–C) groups is 1. The summed E-state index contributed by atoms with van der Waals surface area (Å²) >= 11 is 1.47. The number of rotatable bonds is 6. The molecule has 0 atom stereocenters. The summed E-state index contributed by atoms with van der Waals surface area (Å²) < 4.78 is 2.34. The maximum atomic E-state index is 13.4. The van der Waals surface area contributed by atoms with E-state index in [9.17, 15) is 4.79 Å². The first-order valence-corrected chi connectivity index (χ1v) is 12.6. The van der Waals surface area contributed by atoms with E-state index in [-0.39, 0.29) is 5.91 Å². The highest BCUT2D eigenvalue weighted by molar-refractivity contribution is 8.18. The summed E-state index contributed by atoms with van der Waals surface area (Å²) in [6, 6.07) is 22.9. The Morgan fingerprint density at radius 1 is 0.939 bits per heavy atom. The van der Waals surface area contributed by atoms with Crippen LogP contribution in [0.4, 0.5) is 5.69 Å². The molecule has 4 nitrogen and oxygen atoms in total. The summed E-state index contributed by atoms with van der Waals surface area (Å²) in [7, 11) is 0. The molecular weight excluding hydrogens is 426 g/mol. The number of thioether (sulfide) groups is 1. The van der Waals surface area contributed by atoms with Gasteiger partial charge in [-0.1, -0.05) is 67.8 Å². The first-order valence-electron chi connectivity index (χ1n) is 11.8. The second-order valence-corrected chi connectivity index (χ2v) is 9.73. The zero-order valence-electron chi connectivity index (χ0n) is 18.8. The molecule has 2 fully saturated rings. The number of carbonyl (C=O) groups excluding carboxylic acids is 1. The van der Waals surface area contributed by atoms with Crippen LogP contribution in [0.5, 0.6) is 0 Å². The van der Waals surface area contributed by atoms with E-state index in [1.165, 1.54) is 49.4 Å². The fourth-order valence-corrected chi connectivity index (χ4v) is 5.59. The SMILES string of the molecule is O=C1/C(=C\c2ccn(C3CCCCC3)c2)SC(=Nc2ccccc2)N1CCc1ccccc1. The summed E-state index contributed by atoms with van der Waals surface area (Å²) in [5.74, 6) is 0.0380. The van der Waals surface area contributed by atoms with Gasteiger partial charge in [0, 0.05) is 25.0 Å². The van der Waals surface area contributed by atoms with E-state index < -0.39 is 0 Å². The van der Waals surface area contributed by atoms with Crippen LogP contribution in [0, 0.1) is 0 Å². The summed E-state index contributed by atoms with van der Waals surface area (Å²) in [5, 5.41) is 0.750. The molecule has 2 aromatic carbocycles. The number of para-hydroxylation sites is 1. The molecule has 0 radical (unpaired) electrons. The maximum absolute atomic E-state index is 13.4. The minimum atomic E-state index is 0.0380. The molecule has 5 rings (SSSR count). The van der Waals surface area contributed by atoms with Gasteiger partial charge in [0.2, 0.25) is 0 Å². The van der Waals surface area contributed by atoms with Gasteiger partial charge in [-0.25, -0.2) is 4.99 Å². The van der Waals surface area contributed by atoms with Gasteiger partial charge in [-0.2, -0.15) is 0 Å². The topological polar surface area (TPSA) is 37.6 Å². The summed E-state index contributed by atoms with van der Waals surface area (Å²) in [5.41, 5.74) is 3.17. The quantitative estimate of drug-likeness (QED) is 0.382. The number of hydrogen-bond donors (Lipinski definition) is 0. The van der Waals surface area contributed by atoms with Gasteiger partial charge in [-0.3, -0.25) is 9.69 Å². The minimum absolute atomic E-state index is 0.0380. The van der Waals surface area contributed by atoms with Crippen molar-refractivity contribution in [1.82, 2.24) is 9.47 Å². The van der Waals surface area contributed by atoms with Crippen molar-refractivity contribution in [3.05, 3.63) is 95.2 Å². The van der Waals surface area contributed by atoms with E-state index in [1.807, 2.05) is 59.5 Å². The van der Waals surface area contributed by atoms with Crippen molar-refractivity contribution in [2.75, 3.05) is 6.54 Å². The molecule has 2 aliphatic rings. The number of carbonyl (C=O) groups is 1. The van der Waals surface area contributed by atoms with Crippen LogP contribution >= 0.6 is 11.8 Å². The van der Waals surface area contributed by atoms with Gasteiger partial charge in [0.1, 0.15) is 0 Å². The maximum Gasteiger partial charge on any atom is 0.266 e. The molecule has 0 spiro atoms. The lowest BCUT2D eigenvalue weighted by Crippen LogP contribution is -2.31. The van der Waals surface area contributed by atoms with Crippen molar-refractivity contribution in [1.29, 1.82) is 0 Å². The number of hydrogen-bond acceptors (Lipinski definition) is 3. The second kappa shape index (κ2) is 10.3. The highest BCUT2D eigenvalue weighted by Gasteiger charge is 2.33. The Kier molecular flexibility index (Phi) is 6.77. The Morgan fingerprint density at radius 2 is 1.67 bits per heavy atom. The van der Waals surface area contributed by atoms with Crippen molar-refractivity contribution in [2.24, 2.45) is 4.99 Å². The highest BCUT2D eigenvalue weighted by atomic mass is 32.2. The van der Waals surface area contributed by atoms with E-state index in [2.05, 4.69) is 35.2 Å². The van der Waals surface area contributed by atoms with Crippen molar-refractivity contribution >= 4 is 34.6 Å². The number of aromatic nitrogens is 1. The summed E-state index contributed by atoms with van der Waals surface area (Å²) in [4.78, 5) is 20.8. The van der Waals surface area contributed by atoms with Crippen LogP contribution in [0.25, 0.3) is 6.08 Å². The minimum Gasteiger partial charge on any atom is -0.351 e. The van der Waals surface area contributed by atoms with E-state index in [4.69, 9.17) is 4.99 Å². The van der Waals surface area contributed by atoms with Gasteiger partial charge < -0.3 is 4.57 Å². The summed E-state index contributed by atoms with van der Waals surface area (Å²) in [6.45, 7) is 0.613. The molecule has 3 aromatic rings. The van der Waals surface area contributed by atoms with Crippen molar-refractivity contribution < 1.29 is 4.79 Å². The third kappa shape index (κ3) is 5.31. The normalized spacial score (nSPS) is 19.6. The lowest BCUT2D eigenvalue weighted by Gasteiger charge is -2.23. The van der Waals surface area contributed by atoms with Crippen LogP contribution in [0.3, 0.4) is 0 Å². The molecular formula is C28H29N3OS. The van der Waals surface area contributed by atoms with Crippen molar-refractivity contribution in [2.45, 2.75) is 44.6 Å². The van der Waals surface area contributed by atoms with Crippen LogP contribution < -0.4 is 0 Å². The van der Waals surface area contributed by atoms with Crippen LogP contribution in [0.15, 0.2) is 89.0 Å². The van der Waals surface area contributed by atoms with Crippen molar-refractivity contribution in [3.8, 4) is 0 Å². The van der Waals surface area contributed by atoms with E-state index in [0.29, 0.717) is 12.6 Å². The number of amidine groups is 1. The number of nitrogens with zero attached hydrogens (tertiary/aromatic N) is 3. The summed E-state index contributed by atoms with van der Waals surface area (Å²) in [6.07, 6.45) is 13.6. The lowest BCUT2D eigenvalue weighted by molar-refractivity contribution is -0.122. The predicted octanol–water partition coefficient (Wildman–Crippen LogP) is 6.84. The average Bonchev–Trinajstić information content (AvgIpc) is 3.44. The predicted molar refractivity (Wildman–Crippen MR) is 138 cm³/mol. The second-order valence-electron chi connectivity index (χ2n) is 8.72. The molecule has 33 heavy (non-hydrogen) atoms. The standard InChI is InChI=1S/C28H29N3OS/c32-27-26(20-23-16-18-30(21-23)25-14-8-3-9-15-25)33-28(29-24-12-6-2-7-13-24)31(27)19-17-22-10-4-1-5-11-22/h1-2,4-7,10-13,16,18,20-21,25H,3,8-9,14-15,17,19H2/b26-20+,29-28?. The van der Waals surface area contributed by atoms with Crippen LogP contribution in [-0.2, 0) is 11.2 Å². The molecule has 168 valence electrons. The van der Waals surface area contributed by atoms with Gasteiger partial charge in [0.25, 0.3) is 5.91 Å². The third-order valence-electron chi connectivity index (χ3n) is 6.37. The molecule has 5 heteroatoms. The lowest BCUT2D eigenvalue weighted by atomic mass is 9.95. The molecule has 0 N–H and O–H groups in total. The van der Waals surface area contributed by atoms with Gasteiger partial charge in [-0.15, -0.1) is 0 Å². The van der Waals surface area contributed by atoms with Gasteiger partial charge in [0.05, 0.1) is 10.6 Å². The molecule has 1 saturated carbocycles. The molecule has 1 amide bonds. The van der Waals surface area contributed by atoms with E-state index >= 15 is 0 Å². The van der Waals surface area contributed by atoms with Gasteiger partial charge in [-0.05, 0) is 66.4 Å². The van der Waals surface area contributed by atoms with Crippen LogP contribution in [-0.4, -0.2) is 27.1 Å². The molecule has 1 aliphatic carbocycles.